The predicted molar refractivity (Wildman–Crippen MR) is 58.7 cm³/mol. The largest absolute Gasteiger partial charge is 0.326 e. The van der Waals surface area contributed by atoms with Gasteiger partial charge in [-0.25, -0.2) is 0 Å². The van der Waals surface area contributed by atoms with Crippen molar-refractivity contribution in [3.05, 3.63) is 23.0 Å². The van der Waals surface area contributed by atoms with Gasteiger partial charge in [0.15, 0.2) is 0 Å². The molecule has 0 aliphatic rings. The molecule has 0 bridgehead atoms. The fourth-order valence-corrected chi connectivity index (χ4v) is 1.35. The van der Waals surface area contributed by atoms with Crippen LogP contribution in [0.4, 0.5) is 0 Å². The average Bonchev–Trinajstić information content (AvgIpc) is 2.28. The van der Waals surface area contributed by atoms with Crippen LogP contribution in [0.1, 0.15) is 28.7 Å². The smallest absolute Gasteiger partial charge is 0.256 e. The molecule has 0 aliphatic heterocycles. The van der Waals surface area contributed by atoms with Crippen molar-refractivity contribution in [2.45, 2.75) is 20.8 Å². The summed E-state index contributed by atoms with van der Waals surface area (Å²) in [6, 6.07) is 3.67. The van der Waals surface area contributed by atoms with Crippen LogP contribution in [0.2, 0.25) is 0 Å². The van der Waals surface area contributed by atoms with Crippen molar-refractivity contribution in [2.75, 3.05) is 13.1 Å². The quantitative estimate of drug-likeness (QED) is 0.712. The molecule has 0 radical (unpaired) electrons. The van der Waals surface area contributed by atoms with E-state index in [1.54, 1.807) is 19.9 Å². The van der Waals surface area contributed by atoms with E-state index in [9.17, 15) is 4.79 Å². The van der Waals surface area contributed by atoms with E-state index < -0.39 is 0 Å². The summed E-state index contributed by atoms with van der Waals surface area (Å²) in [7, 11) is 0. The molecular weight excluding hydrogens is 204 g/mol. The first-order chi connectivity index (χ1) is 7.60. The summed E-state index contributed by atoms with van der Waals surface area (Å²) in [5.74, 6) is -0.167. The number of aromatic nitrogens is 2. The Hall–Kier alpha value is -1.96. The number of nitrogens with zero attached hydrogens (tertiary/aromatic N) is 4. The zero-order chi connectivity index (χ0) is 12.1. The van der Waals surface area contributed by atoms with Gasteiger partial charge in [0.25, 0.3) is 5.91 Å². The number of amides is 1. The summed E-state index contributed by atoms with van der Waals surface area (Å²) in [6.07, 6.45) is 0. The number of carbonyl (C=O) groups excluding carboxylic acids is 1. The normalized spacial score (nSPS) is 9.62. The highest BCUT2D eigenvalue weighted by atomic mass is 16.2. The fourth-order valence-electron chi connectivity index (χ4n) is 1.35. The number of aryl methyl sites for hydroxylation is 2. The monoisotopic (exact) mass is 218 g/mol. The second-order valence-corrected chi connectivity index (χ2v) is 3.46. The van der Waals surface area contributed by atoms with Crippen LogP contribution >= 0.6 is 0 Å². The van der Waals surface area contributed by atoms with Crippen LogP contribution in [0, 0.1) is 25.2 Å². The predicted octanol–water partition coefficient (Wildman–Crippen LogP) is 1.08. The molecule has 84 valence electrons. The molecule has 16 heavy (non-hydrogen) atoms. The summed E-state index contributed by atoms with van der Waals surface area (Å²) < 4.78 is 0. The molecule has 1 amide bonds. The van der Waals surface area contributed by atoms with E-state index in [4.69, 9.17) is 5.26 Å². The van der Waals surface area contributed by atoms with E-state index in [1.807, 2.05) is 13.0 Å². The molecule has 1 rings (SSSR count). The highest BCUT2D eigenvalue weighted by Gasteiger charge is 2.17. The molecule has 0 atom stereocenters. The van der Waals surface area contributed by atoms with Crippen LogP contribution in [0.25, 0.3) is 0 Å². The minimum Gasteiger partial charge on any atom is -0.326 e. The highest BCUT2D eigenvalue weighted by Crippen LogP contribution is 2.09. The van der Waals surface area contributed by atoms with Crippen molar-refractivity contribution in [1.82, 2.24) is 15.1 Å². The minimum atomic E-state index is -0.167. The molecule has 0 fully saturated rings. The summed E-state index contributed by atoms with van der Waals surface area (Å²) in [4.78, 5) is 13.5. The lowest BCUT2D eigenvalue weighted by Gasteiger charge is -2.17. The van der Waals surface area contributed by atoms with Gasteiger partial charge in [0, 0.05) is 6.54 Å². The summed E-state index contributed by atoms with van der Waals surface area (Å²) in [5.41, 5.74) is 1.80. The molecule has 1 heterocycles. The maximum atomic E-state index is 12.0. The molecule has 1 aromatic rings. The second kappa shape index (κ2) is 5.21. The van der Waals surface area contributed by atoms with E-state index >= 15 is 0 Å². The van der Waals surface area contributed by atoms with Crippen molar-refractivity contribution in [3.63, 3.8) is 0 Å². The molecular formula is C11H14N4O. The van der Waals surface area contributed by atoms with Gasteiger partial charge < -0.3 is 4.90 Å². The lowest BCUT2D eigenvalue weighted by Crippen LogP contribution is -2.32. The zero-order valence-corrected chi connectivity index (χ0v) is 9.69. The molecule has 0 saturated carbocycles. The van der Waals surface area contributed by atoms with Crippen LogP contribution in [-0.2, 0) is 0 Å². The van der Waals surface area contributed by atoms with Gasteiger partial charge in [-0.1, -0.05) is 0 Å². The van der Waals surface area contributed by atoms with E-state index in [1.165, 1.54) is 4.90 Å². The van der Waals surface area contributed by atoms with Crippen LogP contribution in [0.3, 0.4) is 0 Å². The first-order valence-electron chi connectivity index (χ1n) is 5.07. The van der Waals surface area contributed by atoms with E-state index in [0.29, 0.717) is 23.5 Å². The van der Waals surface area contributed by atoms with Crippen molar-refractivity contribution >= 4 is 5.91 Å². The Bertz CT molecular complexity index is 436. The van der Waals surface area contributed by atoms with Gasteiger partial charge >= 0.3 is 0 Å². The maximum absolute atomic E-state index is 12.0. The van der Waals surface area contributed by atoms with Gasteiger partial charge in [0.1, 0.15) is 6.54 Å². The molecule has 0 aromatic carbocycles. The Kier molecular flexibility index (Phi) is 3.95. The van der Waals surface area contributed by atoms with Gasteiger partial charge in [-0.3, -0.25) is 4.79 Å². The third-order valence-corrected chi connectivity index (χ3v) is 2.26. The lowest BCUT2D eigenvalue weighted by molar-refractivity contribution is 0.0782. The maximum Gasteiger partial charge on any atom is 0.256 e. The third-order valence-electron chi connectivity index (χ3n) is 2.26. The first kappa shape index (κ1) is 12.1. The number of hydrogen-bond donors (Lipinski definition) is 0. The van der Waals surface area contributed by atoms with Crippen molar-refractivity contribution in [1.29, 1.82) is 5.26 Å². The van der Waals surface area contributed by atoms with E-state index in [-0.39, 0.29) is 12.5 Å². The third kappa shape index (κ3) is 2.54. The van der Waals surface area contributed by atoms with Crippen LogP contribution in [0.5, 0.6) is 0 Å². The standard InChI is InChI=1S/C11H14N4O/c1-4-15(6-5-12)11(16)10-7-8(2)13-14-9(10)3/h7H,4,6H2,1-3H3. The van der Waals surface area contributed by atoms with Crippen molar-refractivity contribution < 1.29 is 4.79 Å². The molecule has 0 spiro atoms. The average molecular weight is 218 g/mol. The molecule has 5 heteroatoms. The fraction of sp³-hybridized carbons (Fsp3) is 0.455. The number of carbonyl (C=O) groups is 1. The number of rotatable bonds is 3. The van der Waals surface area contributed by atoms with Crippen molar-refractivity contribution in [2.24, 2.45) is 0 Å². The zero-order valence-electron chi connectivity index (χ0n) is 9.69. The summed E-state index contributed by atoms with van der Waals surface area (Å²) in [5, 5.41) is 16.4. The SMILES string of the molecule is CCN(CC#N)C(=O)c1cc(C)nnc1C. The number of hydrogen-bond acceptors (Lipinski definition) is 4. The van der Waals surface area contributed by atoms with Gasteiger partial charge in [-0.2, -0.15) is 15.5 Å². The van der Waals surface area contributed by atoms with Crippen LogP contribution < -0.4 is 0 Å². The minimum absolute atomic E-state index is 0.0934. The van der Waals surface area contributed by atoms with Gasteiger partial charge in [-0.15, -0.1) is 0 Å². The van der Waals surface area contributed by atoms with Crippen LogP contribution in [0.15, 0.2) is 6.07 Å². The Morgan fingerprint density at radius 2 is 2.19 bits per heavy atom. The molecule has 0 unspecified atom stereocenters. The first-order valence-corrected chi connectivity index (χ1v) is 5.07. The van der Waals surface area contributed by atoms with Gasteiger partial charge in [-0.05, 0) is 26.8 Å². The highest BCUT2D eigenvalue weighted by molar-refractivity contribution is 5.95. The molecule has 0 aliphatic carbocycles. The van der Waals surface area contributed by atoms with E-state index in [2.05, 4.69) is 10.2 Å². The van der Waals surface area contributed by atoms with Crippen LogP contribution in [-0.4, -0.2) is 34.1 Å². The van der Waals surface area contributed by atoms with Crippen molar-refractivity contribution in [3.8, 4) is 6.07 Å². The Labute approximate surface area is 94.7 Å². The van der Waals surface area contributed by atoms with E-state index in [0.717, 1.165) is 0 Å². The van der Waals surface area contributed by atoms with Gasteiger partial charge in [0.2, 0.25) is 0 Å². The topological polar surface area (TPSA) is 69.9 Å². The number of nitriles is 1. The Morgan fingerprint density at radius 1 is 1.50 bits per heavy atom. The second-order valence-electron chi connectivity index (χ2n) is 3.46. The molecule has 5 nitrogen and oxygen atoms in total. The molecule has 0 saturated heterocycles. The Balaban J connectivity index is 3.03. The van der Waals surface area contributed by atoms with Gasteiger partial charge in [0.05, 0.1) is 23.0 Å². The summed E-state index contributed by atoms with van der Waals surface area (Å²) in [6.45, 7) is 5.96. The summed E-state index contributed by atoms with van der Waals surface area (Å²) >= 11 is 0. The Morgan fingerprint density at radius 3 is 2.75 bits per heavy atom. The molecule has 1 aromatic heterocycles. The molecule has 0 N–H and O–H groups in total. The lowest BCUT2D eigenvalue weighted by atomic mass is 10.1.